The van der Waals surface area contributed by atoms with Crippen LogP contribution in [0.2, 0.25) is 0 Å². The molecule has 0 bridgehead atoms. The van der Waals surface area contributed by atoms with Crippen LogP contribution in [-0.2, 0) is 14.8 Å². The zero-order valence-electron chi connectivity index (χ0n) is 11.4. The number of ether oxygens (including phenoxy) is 1. The fraction of sp³-hybridized carbons (Fsp3) is 0.0667. The number of carbonyl (C=O) groups excluding carboxylic acids is 1. The van der Waals surface area contributed by atoms with Gasteiger partial charge in [0.2, 0.25) is 10.0 Å². The Bertz CT molecular complexity index is 871. The van der Waals surface area contributed by atoms with Gasteiger partial charge in [-0.15, -0.1) is 0 Å². The molecule has 0 fully saturated rings. The van der Waals surface area contributed by atoms with Crippen molar-refractivity contribution in [1.82, 2.24) is 0 Å². The molecule has 2 aromatic carbocycles. The first-order valence-corrected chi connectivity index (χ1v) is 7.98. The number of hydrogen-bond acceptors (Lipinski definition) is 5. The van der Waals surface area contributed by atoms with Crippen molar-refractivity contribution in [3.05, 3.63) is 54.1 Å². The highest BCUT2D eigenvalue weighted by atomic mass is 32.2. The zero-order chi connectivity index (χ0) is 15.7. The lowest BCUT2D eigenvalue weighted by Gasteiger charge is -2.17. The standard InChI is InChI=1S/C15H12N2O4S/c16-22(19,20)11-7-5-10(6-8-11)17-13-9-15(18)21-14-4-2-1-3-12(13)14/h1-8H,9H2,(H2,16,19,20). The summed E-state index contributed by atoms with van der Waals surface area (Å²) in [6, 6.07) is 13.0. The number of rotatable bonds is 2. The number of primary sulfonamides is 1. The van der Waals surface area contributed by atoms with Gasteiger partial charge in [-0.1, -0.05) is 12.1 Å². The SMILES string of the molecule is NS(=O)(=O)c1ccc(N=C2CC(=O)Oc3ccccc32)cc1. The molecular formula is C15H12N2O4S. The maximum Gasteiger partial charge on any atom is 0.317 e. The van der Waals surface area contributed by atoms with Crippen molar-refractivity contribution >= 4 is 27.4 Å². The number of aliphatic imine (C=N–C) groups is 1. The molecule has 6 nitrogen and oxygen atoms in total. The third kappa shape index (κ3) is 2.90. The van der Waals surface area contributed by atoms with E-state index in [1.165, 1.54) is 24.3 Å². The molecule has 0 radical (unpaired) electrons. The van der Waals surface area contributed by atoms with Crippen molar-refractivity contribution in [2.45, 2.75) is 11.3 Å². The number of sulfonamides is 1. The molecule has 0 unspecified atom stereocenters. The van der Waals surface area contributed by atoms with E-state index in [4.69, 9.17) is 9.88 Å². The van der Waals surface area contributed by atoms with Gasteiger partial charge in [0.25, 0.3) is 0 Å². The van der Waals surface area contributed by atoms with Gasteiger partial charge in [-0.3, -0.25) is 9.79 Å². The molecule has 0 spiro atoms. The quantitative estimate of drug-likeness (QED) is 0.674. The second-order valence-electron chi connectivity index (χ2n) is 4.74. The third-order valence-electron chi connectivity index (χ3n) is 3.16. The van der Waals surface area contributed by atoms with Crippen LogP contribution in [0.15, 0.2) is 58.4 Å². The van der Waals surface area contributed by atoms with Crippen LogP contribution in [0, 0.1) is 0 Å². The van der Waals surface area contributed by atoms with Crippen molar-refractivity contribution < 1.29 is 17.9 Å². The fourth-order valence-corrected chi connectivity index (χ4v) is 2.67. The minimum atomic E-state index is -3.73. The van der Waals surface area contributed by atoms with E-state index in [0.29, 0.717) is 17.1 Å². The summed E-state index contributed by atoms with van der Waals surface area (Å²) in [6.45, 7) is 0. The molecule has 0 aromatic heterocycles. The van der Waals surface area contributed by atoms with Gasteiger partial charge in [0, 0.05) is 5.56 Å². The van der Waals surface area contributed by atoms with Gasteiger partial charge in [-0.2, -0.15) is 0 Å². The molecule has 0 aliphatic carbocycles. The van der Waals surface area contributed by atoms with Crippen molar-refractivity contribution in [3.8, 4) is 5.75 Å². The van der Waals surface area contributed by atoms with Crippen LogP contribution >= 0.6 is 0 Å². The zero-order valence-corrected chi connectivity index (χ0v) is 12.2. The minimum absolute atomic E-state index is 0.0138. The normalized spacial score (nSPS) is 16.2. The number of nitrogens with two attached hydrogens (primary N) is 1. The smallest absolute Gasteiger partial charge is 0.317 e. The monoisotopic (exact) mass is 316 g/mol. The average Bonchev–Trinajstić information content (AvgIpc) is 2.46. The first-order valence-electron chi connectivity index (χ1n) is 6.44. The lowest BCUT2D eigenvalue weighted by molar-refractivity contribution is -0.133. The number of carbonyl (C=O) groups is 1. The molecule has 0 atom stereocenters. The highest BCUT2D eigenvalue weighted by molar-refractivity contribution is 7.89. The number of hydrogen-bond donors (Lipinski definition) is 1. The Morgan fingerprint density at radius 2 is 1.73 bits per heavy atom. The average molecular weight is 316 g/mol. The number of benzene rings is 2. The van der Waals surface area contributed by atoms with Gasteiger partial charge in [-0.05, 0) is 36.4 Å². The van der Waals surface area contributed by atoms with Crippen LogP contribution in [0.4, 0.5) is 5.69 Å². The van der Waals surface area contributed by atoms with Crippen LogP contribution in [0.5, 0.6) is 5.75 Å². The molecule has 7 heteroatoms. The molecule has 1 heterocycles. The Labute approximate surface area is 127 Å². The first kappa shape index (κ1) is 14.4. The maximum atomic E-state index is 11.6. The summed E-state index contributed by atoms with van der Waals surface area (Å²) in [5, 5.41) is 5.05. The molecular weight excluding hydrogens is 304 g/mol. The Kier molecular flexibility index (Phi) is 3.51. The predicted octanol–water partition coefficient (Wildman–Crippen LogP) is 1.76. The summed E-state index contributed by atoms with van der Waals surface area (Å²) in [5.74, 6) is 0.0947. The summed E-state index contributed by atoms with van der Waals surface area (Å²) < 4.78 is 27.6. The third-order valence-corrected chi connectivity index (χ3v) is 4.09. The molecule has 0 saturated heterocycles. The molecule has 1 aliphatic rings. The summed E-state index contributed by atoms with van der Waals surface area (Å²) in [6.07, 6.45) is 0.0634. The van der Waals surface area contributed by atoms with E-state index in [-0.39, 0.29) is 17.3 Å². The second kappa shape index (κ2) is 5.36. The highest BCUT2D eigenvalue weighted by Crippen LogP contribution is 2.27. The van der Waals surface area contributed by atoms with E-state index in [0.717, 1.165) is 5.56 Å². The highest BCUT2D eigenvalue weighted by Gasteiger charge is 2.22. The molecule has 1 aliphatic heterocycles. The van der Waals surface area contributed by atoms with Gasteiger partial charge in [-0.25, -0.2) is 13.6 Å². The molecule has 112 valence electrons. The van der Waals surface area contributed by atoms with Gasteiger partial charge < -0.3 is 4.74 Å². The largest absolute Gasteiger partial charge is 0.426 e. The lowest BCUT2D eigenvalue weighted by Crippen LogP contribution is -2.21. The van der Waals surface area contributed by atoms with E-state index in [2.05, 4.69) is 4.99 Å². The van der Waals surface area contributed by atoms with Crippen LogP contribution in [0.1, 0.15) is 12.0 Å². The number of nitrogens with zero attached hydrogens (tertiary/aromatic N) is 1. The van der Waals surface area contributed by atoms with Crippen molar-refractivity contribution in [1.29, 1.82) is 0 Å². The van der Waals surface area contributed by atoms with Gasteiger partial charge in [0.05, 0.1) is 22.7 Å². The maximum absolute atomic E-state index is 11.6. The topological polar surface area (TPSA) is 98.8 Å². The van der Waals surface area contributed by atoms with Crippen molar-refractivity contribution in [2.24, 2.45) is 10.1 Å². The minimum Gasteiger partial charge on any atom is -0.426 e. The second-order valence-corrected chi connectivity index (χ2v) is 6.31. The Hall–Kier alpha value is -2.51. The van der Waals surface area contributed by atoms with E-state index >= 15 is 0 Å². The van der Waals surface area contributed by atoms with E-state index in [1.54, 1.807) is 12.1 Å². The summed E-state index contributed by atoms with van der Waals surface area (Å²) in [5.41, 5.74) is 1.86. The van der Waals surface area contributed by atoms with Crippen LogP contribution in [0.3, 0.4) is 0 Å². The summed E-state index contributed by atoms with van der Waals surface area (Å²) in [4.78, 5) is 16.0. The van der Waals surface area contributed by atoms with Gasteiger partial charge in [0.15, 0.2) is 0 Å². The van der Waals surface area contributed by atoms with Gasteiger partial charge >= 0.3 is 5.97 Å². The number of para-hydroxylation sites is 1. The van der Waals surface area contributed by atoms with E-state index in [9.17, 15) is 13.2 Å². The lowest BCUT2D eigenvalue weighted by atomic mass is 10.0. The first-order chi connectivity index (χ1) is 10.4. The van der Waals surface area contributed by atoms with Crippen LogP contribution < -0.4 is 9.88 Å². The van der Waals surface area contributed by atoms with E-state index in [1.807, 2.05) is 12.1 Å². The van der Waals surface area contributed by atoms with Crippen LogP contribution in [0.25, 0.3) is 0 Å². The molecule has 3 rings (SSSR count). The number of esters is 1. The molecule has 0 amide bonds. The Morgan fingerprint density at radius 3 is 2.41 bits per heavy atom. The summed E-state index contributed by atoms with van der Waals surface area (Å²) >= 11 is 0. The summed E-state index contributed by atoms with van der Waals surface area (Å²) in [7, 11) is -3.73. The van der Waals surface area contributed by atoms with E-state index < -0.39 is 10.0 Å². The fourth-order valence-electron chi connectivity index (χ4n) is 2.15. The Balaban J connectivity index is 2.00. The van der Waals surface area contributed by atoms with Crippen LogP contribution in [-0.4, -0.2) is 20.1 Å². The van der Waals surface area contributed by atoms with Gasteiger partial charge in [0.1, 0.15) is 5.75 Å². The van der Waals surface area contributed by atoms with Crippen molar-refractivity contribution in [2.75, 3.05) is 0 Å². The molecule has 2 N–H and O–H groups in total. The molecule has 0 saturated carbocycles. The Morgan fingerprint density at radius 1 is 1.05 bits per heavy atom. The molecule has 22 heavy (non-hydrogen) atoms. The predicted molar refractivity (Wildman–Crippen MR) is 80.7 cm³/mol. The van der Waals surface area contributed by atoms with Crippen molar-refractivity contribution in [3.63, 3.8) is 0 Å². The number of fused-ring (bicyclic) bond motifs is 1. The molecule has 2 aromatic rings.